The minimum absolute atomic E-state index is 0. The molecule has 2 N–H and O–H groups in total. The molecule has 1 saturated heterocycles. The summed E-state index contributed by atoms with van der Waals surface area (Å²) in [5.74, 6) is 2.56. The van der Waals surface area contributed by atoms with Crippen molar-refractivity contribution in [3.8, 4) is 11.5 Å². The smallest absolute Gasteiger partial charge is 0.191 e. The van der Waals surface area contributed by atoms with Crippen molar-refractivity contribution in [1.29, 1.82) is 0 Å². The first-order valence-electron chi connectivity index (χ1n) is 10.7. The molecule has 0 radical (unpaired) electrons. The molecule has 0 atom stereocenters. The van der Waals surface area contributed by atoms with E-state index in [4.69, 9.17) is 14.2 Å². The third-order valence-corrected chi connectivity index (χ3v) is 5.45. The quantitative estimate of drug-likeness (QED) is 0.219. The maximum Gasteiger partial charge on any atom is 0.191 e. The molecule has 6 nitrogen and oxygen atoms in total. The summed E-state index contributed by atoms with van der Waals surface area (Å²) in [5.41, 5.74) is 1.32. The van der Waals surface area contributed by atoms with Crippen LogP contribution in [0, 0.1) is 0 Å². The Hall–Kier alpha value is -2.00. The zero-order valence-electron chi connectivity index (χ0n) is 18.4. The van der Waals surface area contributed by atoms with Crippen LogP contribution < -0.4 is 20.1 Å². The lowest BCUT2D eigenvalue weighted by molar-refractivity contribution is 0.0513. The molecule has 0 saturated carbocycles. The first-order chi connectivity index (χ1) is 14.8. The third kappa shape index (κ3) is 7.57. The van der Waals surface area contributed by atoms with Crippen molar-refractivity contribution in [2.45, 2.75) is 25.2 Å². The fourth-order valence-corrected chi connectivity index (χ4v) is 3.73. The number of rotatable bonds is 9. The molecule has 7 heteroatoms. The number of benzene rings is 2. The number of ether oxygens (including phenoxy) is 3. The van der Waals surface area contributed by atoms with Crippen molar-refractivity contribution < 1.29 is 14.2 Å². The summed E-state index contributed by atoms with van der Waals surface area (Å²) in [4.78, 5) is 4.37. The van der Waals surface area contributed by atoms with Gasteiger partial charge < -0.3 is 24.8 Å². The van der Waals surface area contributed by atoms with Crippen LogP contribution in [0.15, 0.2) is 59.6 Å². The van der Waals surface area contributed by atoms with E-state index >= 15 is 0 Å². The lowest BCUT2D eigenvalue weighted by atomic mass is 9.74. The second-order valence-electron chi connectivity index (χ2n) is 7.36. The molecule has 170 valence electrons. The topological polar surface area (TPSA) is 64.1 Å². The molecule has 1 aliphatic rings. The molecular formula is C24H34IN3O3. The van der Waals surface area contributed by atoms with Gasteiger partial charge in [-0.1, -0.05) is 30.3 Å². The highest BCUT2D eigenvalue weighted by Gasteiger charge is 2.34. The van der Waals surface area contributed by atoms with Gasteiger partial charge >= 0.3 is 0 Å². The van der Waals surface area contributed by atoms with Crippen molar-refractivity contribution in [1.82, 2.24) is 10.6 Å². The monoisotopic (exact) mass is 539 g/mol. The highest BCUT2D eigenvalue weighted by molar-refractivity contribution is 14.0. The SMILES string of the molecule is CCOc1ccc(C2(CNC(=NC)NCCOc3ccccc3)CCOCC2)cc1.I. The van der Waals surface area contributed by atoms with E-state index in [1.807, 2.05) is 37.3 Å². The zero-order valence-corrected chi connectivity index (χ0v) is 20.8. The number of aliphatic imine (C=N–C) groups is 1. The number of nitrogens with one attached hydrogen (secondary N) is 2. The Morgan fingerprint density at radius 2 is 1.65 bits per heavy atom. The van der Waals surface area contributed by atoms with Crippen LogP contribution in [0.2, 0.25) is 0 Å². The van der Waals surface area contributed by atoms with E-state index in [0.717, 1.165) is 50.1 Å². The number of para-hydroxylation sites is 1. The molecule has 0 spiro atoms. The van der Waals surface area contributed by atoms with Gasteiger partial charge in [-0.2, -0.15) is 0 Å². The van der Waals surface area contributed by atoms with E-state index in [9.17, 15) is 0 Å². The summed E-state index contributed by atoms with van der Waals surface area (Å²) >= 11 is 0. The lowest BCUT2D eigenvalue weighted by Gasteiger charge is -2.38. The number of hydrogen-bond donors (Lipinski definition) is 2. The predicted octanol–water partition coefficient (Wildman–Crippen LogP) is 4.00. The Labute approximate surface area is 202 Å². The van der Waals surface area contributed by atoms with Crippen molar-refractivity contribution in [2.24, 2.45) is 4.99 Å². The Kier molecular flexibility index (Phi) is 10.9. The van der Waals surface area contributed by atoms with Crippen molar-refractivity contribution >= 4 is 29.9 Å². The summed E-state index contributed by atoms with van der Waals surface area (Å²) in [7, 11) is 1.79. The molecule has 1 fully saturated rings. The van der Waals surface area contributed by atoms with Gasteiger partial charge in [-0.15, -0.1) is 24.0 Å². The maximum absolute atomic E-state index is 5.74. The van der Waals surface area contributed by atoms with Gasteiger partial charge in [0.2, 0.25) is 0 Å². The summed E-state index contributed by atoms with van der Waals surface area (Å²) in [6, 6.07) is 18.3. The van der Waals surface area contributed by atoms with Gasteiger partial charge in [0, 0.05) is 32.2 Å². The van der Waals surface area contributed by atoms with Crippen LogP contribution in [0.5, 0.6) is 11.5 Å². The van der Waals surface area contributed by atoms with E-state index < -0.39 is 0 Å². The molecule has 0 aromatic heterocycles. The second kappa shape index (κ2) is 13.4. The highest BCUT2D eigenvalue weighted by Crippen LogP contribution is 2.35. The van der Waals surface area contributed by atoms with Crippen LogP contribution in [-0.4, -0.2) is 52.5 Å². The Morgan fingerprint density at radius 1 is 0.968 bits per heavy atom. The van der Waals surface area contributed by atoms with Crippen molar-refractivity contribution in [3.05, 3.63) is 60.2 Å². The normalized spacial score (nSPS) is 15.5. The van der Waals surface area contributed by atoms with Crippen molar-refractivity contribution in [2.75, 3.05) is 46.6 Å². The summed E-state index contributed by atoms with van der Waals surface area (Å²) in [5, 5.41) is 6.85. The molecule has 3 rings (SSSR count). The van der Waals surface area contributed by atoms with Crippen LogP contribution in [0.1, 0.15) is 25.3 Å². The molecule has 0 bridgehead atoms. The standard InChI is InChI=1S/C24H33N3O3.HI/c1-3-29-22-11-9-20(10-12-22)24(13-16-28-17-14-24)19-27-23(25-2)26-15-18-30-21-7-5-4-6-8-21;/h4-12H,3,13-19H2,1-2H3,(H2,25,26,27);1H. The Bertz CT molecular complexity index is 778. The Morgan fingerprint density at radius 3 is 2.29 bits per heavy atom. The van der Waals surface area contributed by atoms with E-state index in [0.29, 0.717) is 19.8 Å². The minimum atomic E-state index is 0. The minimum Gasteiger partial charge on any atom is -0.494 e. The van der Waals surface area contributed by atoms with E-state index in [1.54, 1.807) is 7.05 Å². The molecule has 31 heavy (non-hydrogen) atoms. The highest BCUT2D eigenvalue weighted by atomic mass is 127. The molecule has 1 heterocycles. The van der Waals surface area contributed by atoms with E-state index in [2.05, 4.69) is 39.9 Å². The fourth-order valence-electron chi connectivity index (χ4n) is 3.73. The average molecular weight is 539 g/mol. The van der Waals surface area contributed by atoms with Gasteiger partial charge in [-0.05, 0) is 49.6 Å². The number of guanidine groups is 1. The van der Waals surface area contributed by atoms with Crippen molar-refractivity contribution in [3.63, 3.8) is 0 Å². The third-order valence-electron chi connectivity index (χ3n) is 5.45. The molecule has 2 aromatic carbocycles. The van der Waals surface area contributed by atoms with Gasteiger partial charge in [0.15, 0.2) is 5.96 Å². The molecule has 0 amide bonds. The van der Waals surface area contributed by atoms with E-state index in [1.165, 1.54) is 5.56 Å². The van der Waals surface area contributed by atoms with Gasteiger partial charge in [-0.3, -0.25) is 4.99 Å². The maximum atomic E-state index is 5.74. The van der Waals surface area contributed by atoms with Crippen LogP contribution in [0.25, 0.3) is 0 Å². The Balaban J connectivity index is 0.00000341. The predicted molar refractivity (Wildman–Crippen MR) is 136 cm³/mol. The summed E-state index contributed by atoms with van der Waals surface area (Å²) in [6.45, 7) is 6.26. The summed E-state index contributed by atoms with van der Waals surface area (Å²) in [6.07, 6.45) is 1.95. The molecule has 2 aromatic rings. The van der Waals surface area contributed by atoms with Gasteiger partial charge in [-0.25, -0.2) is 0 Å². The zero-order chi connectivity index (χ0) is 21.1. The average Bonchev–Trinajstić information content (AvgIpc) is 2.80. The second-order valence-corrected chi connectivity index (χ2v) is 7.36. The van der Waals surface area contributed by atoms with Crippen LogP contribution in [0.3, 0.4) is 0 Å². The van der Waals surface area contributed by atoms with Gasteiger partial charge in [0.05, 0.1) is 13.2 Å². The lowest BCUT2D eigenvalue weighted by Crippen LogP contribution is -2.48. The number of halogens is 1. The van der Waals surface area contributed by atoms with E-state index in [-0.39, 0.29) is 29.4 Å². The van der Waals surface area contributed by atoms with Crippen LogP contribution in [0.4, 0.5) is 0 Å². The number of hydrogen-bond acceptors (Lipinski definition) is 4. The molecule has 0 unspecified atom stereocenters. The number of nitrogens with zero attached hydrogens (tertiary/aromatic N) is 1. The molecule has 0 aliphatic carbocycles. The largest absolute Gasteiger partial charge is 0.494 e. The first kappa shape index (κ1) is 25.3. The van der Waals surface area contributed by atoms with Crippen LogP contribution in [-0.2, 0) is 10.2 Å². The van der Waals surface area contributed by atoms with Gasteiger partial charge in [0.1, 0.15) is 18.1 Å². The molecule has 1 aliphatic heterocycles. The van der Waals surface area contributed by atoms with Crippen LogP contribution >= 0.6 is 24.0 Å². The first-order valence-corrected chi connectivity index (χ1v) is 10.7. The summed E-state index contributed by atoms with van der Waals surface area (Å²) < 4.78 is 17.0. The van der Waals surface area contributed by atoms with Gasteiger partial charge in [0.25, 0.3) is 0 Å². The molecular weight excluding hydrogens is 505 g/mol. The fraction of sp³-hybridized carbons (Fsp3) is 0.458.